The molecule has 1 saturated heterocycles. The first-order valence-electron chi connectivity index (χ1n) is 8.08. The molecule has 0 saturated carbocycles. The maximum absolute atomic E-state index is 12.7. The number of ether oxygens (including phenoxy) is 1. The van der Waals surface area contributed by atoms with Gasteiger partial charge in [0.1, 0.15) is 5.75 Å². The van der Waals surface area contributed by atoms with Crippen LogP contribution in [-0.4, -0.2) is 33.7 Å². The van der Waals surface area contributed by atoms with Gasteiger partial charge in [-0.25, -0.2) is 8.42 Å². The molecule has 1 aliphatic rings. The number of hydrogen-bond acceptors (Lipinski definition) is 4. The first-order valence-corrected chi connectivity index (χ1v) is 10.1. The third-order valence-electron chi connectivity index (χ3n) is 4.26. The lowest BCUT2D eigenvalue weighted by molar-refractivity contribution is 0.102. The van der Waals surface area contributed by atoms with E-state index in [1.807, 2.05) is 6.92 Å². The Balaban J connectivity index is 1.92. The molecule has 26 heavy (non-hydrogen) atoms. The van der Waals surface area contributed by atoms with Crippen LogP contribution < -0.4 is 14.4 Å². The number of hydrogen-bond donors (Lipinski definition) is 1. The molecule has 0 atom stereocenters. The maximum atomic E-state index is 12.7. The van der Waals surface area contributed by atoms with E-state index in [0.29, 0.717) is 40.7 Å². The molecule has 0 bridgehead atoms. The van der Waals surface area contributed by atoms with Gasteiger partial charge in [0.05, 0.1) is 24.1 Å². The predicted molar refractivity (Wildman–Crippen MR) is 103 cm³/mol. The SMILES string of the molecule is COc1ccc(Cl)cc1C(=O)Nc1cc(N2CCCS2(=O)=O)ccc1C. The lowest BCUT2D eigenvalue weighted by Crippen LogP contribution is -2.25. The summed E-state index contributed by atoms with van der Waals surface area (Å²) in [5.74, 6) is 0.166. The van der Waals surface area contributed by atoms with Crippen LogP contribution in [0.15, 0.2) is 36.4 Å². The molecule has 1 amide bonds. The van der Waals surface area contributed by atoms with Crippen molar-refractivity contribution in [3.05, 3.63) is 52.5 Å². The third kappa shape index (κ3) is 3.64. The van der Waals surface area contributed by atoms with Gasteiger partial charge in [0.15, 0.2) is 0 Å². The van der Waals surface area contributed by atoms with E-state index in [2.05, 4.69) is 5.32 Å². The van der Waals surface area contributed by atoms with Gasteiger partial charge in [-0.15, -0.1) is 0 Å². The number of nitrogens with zero attached hydrogens (tertiary/aromatic N) is 1. The molecule has 0 spiro atoms. The average molecular weight is 395 g/mol. The van der Waals surface area contributed by atoms with E-state index >= 15 is 0 Å². The molecule has 1 aliphatic heterocycles. The third-order valence-corrected chi connectivity index (χ3v) is 6.37. The van der Waals surface area contributed by atoms with Crippen molar-refractivity contribution in [3.8, 4) is 5.75 Å². The number of benzene rings is 2. The fourth-order valence-electron chi connectivity index (χ4n) is 2.88. The number of aryl methyl sites for hydroxylation is 1. The summed E-state index contributed by atoms with van der Waals surface area (Å²) in [6, 6.07) is 9.99. The molecule has 0 unspecified atom stereocenters. The number of carbonyl (C=O) groups is 1. The van der Waals surface area contributed by atoms with Gasteiger partial charge >= 0.3 is 0 Å². The monoisotopic (exact) mass is 394 g/mol. The minimum atomic E-state index is -3.28. The van der Waals surface area contributed by atoms with Gasteiger partial charge < -0.3 is 10.1 Å². The second-order valence-electron chi connectivity index (χ2n) is 6.04. The largest absolute Gasteiger partial charge is 0.496 e. The van der Waals surface area contributed by atoms with Gasteiger partial charge in [0.25, 0.3) is 5.91 Å². The highest BCUT2D eigenvalue weighted by atomic mass is 35.5. The fraction of sp³-hybridized carbons (Fsp3) is 0.278. The Bertz CT molecular complexity index is 960. The van der Waals surface area contributed by atoms with Gasteiger partial charge in [-0.3, -0.25) is 9.10 Å². The van der Waals surface area contributed by atoms with Crippen LogP contribution in [-0.2, 0) is 10.0 Å². The van der Waals surface area contributed by atoms with E-state index < -0.39 is 10.0 Å². The molecule has 1 N–H and O–H groups in total. The van der Waals surface area contributed by atoms with Gasteiger partial charge in [-0.2, -0.15) is 0 Å². The molecular formula is C18H19ClN2O4S. The van der Waals surface area contributed by atoms with E-state index in [-0.39, 0.29) is 11.7 Å². The van der Waals surface area contributed by atoms with E-state index in [1.54, 1.807) is 30.3 Å². The van der Waals surface area contributed by atoms with Crippen molar-refractivity contribution in [3.63, 3.8) is 0 Å². The van der Waals surface area contributed by atoms with Crippen LogP contribution in [0.2, 0.25) is 5.02 Å². The molecule has 0 radical (unpaired) electrons. The predicted octanol–water partition coefficient (Wildman–Crippen LogP) is 3.45. The van der Waals surface area contributed by atoms with Crippen molar-refractivity contribution in [2.75, 3.05) is 29.0 Å². The van der Waals surface area contributed by atoms with Crippen molar-refractivity contribution in [1.82, 2.24) is 0 Å². The zero-order valence-corrected chi connectivity index (χ0v) is 16.0. The lowest BCUT2D eigenvalue weighted by atomic mass is 10.1. The standard InChI is InChI=1S/C18H19ClN2O4S/c1-12-4-6-14(21-8-3-9-26(21,23)24)11-16(12)20-18(22)15-10-13(19)5-7-17(15)25-2/h4-7,10-11H,3,8-9H2,1-2H3,(H,20,22). The number of carbonyl (C=O) groups excluding carboxylic acids is 1. The first-order chi connectivity index (χ1) is 12.3. The van der Waals surface area contributed by atoms with E-state index in [9.17, 15) is 13.2 Å². The Morgan fingerprint density at radius 3 is 2.65 bits per heavy atom. The minimum Gasteiger partial charge on any atom is -0.496 e. The van der Waals surface area contributed by atoms with E-state index in [4.69, 9.17) is 16.3 Å². The smallest absolute Gasteiger partial charge is 0.259 e. The summed E-state index contributed by atoms with van der Waals surface area (Å²) in [5.41, 5.74) is 2.20. The van der Waals surface area contributed by atoms with Crippen molar-refractivity contribution in [2.45, 2.75) is 13.3 Å². The molecule has 0 aromatic heterocycles. The summed E-state index contributed by atoms with van der Waals surface area (Å²) in [7, 11) is -1.81. The van der Waals surface area contributed by atoms with Crippen LogP contribution in [0.25, 0.3) is 0 Å². The molecule has 8 heteroatoms. The van der Waals surface area contributed by atoms with Crippen molar-refractivity contribution >= 4 is 38.9 Å². The van der Waals surface area contributed by atoms with Gasteiger partial charge in [-0.1, -0.05) is 17.7 Å². The lowest BCUT2D eigenvalue weighted by Gasteiger charge is -2.19. The van der Waals surface area contributed by atoms with Crippen LogP contribution in [0, 0.1) is 6.92 Å². The van der Waals surface area contributed by atoms with Crippen LogP contribution in [0.5, 0.6) is 5.75 Å². The second-order valence-corrected chi connectivity index (χ2v) is 8.49. The molecule has 6 nitrogen and oxygen atoms in total. The van der Waals surface area contributed by atoms with E-state index in [1.165, 1.54) is 17.5 Å². The average Bonchev–Trinajstić information content (AvgIpc) is 2.96. The highest BCUT2D eigenvalue weighted by Gasteiger charge is 2.28. The van der Waals surface area contributed by atoms with Crippen LogP contribution in [0.1, 0.15) is 22.3 Å². The van der Waals surface area contributed by atoms with Gasteiger partial charge in [0, 0.05) is 17.3 Å². The van der Waals surface area contributed by atoms with Crippen LogP contribution in [0.3, 0.4) is 0 Å². The zero-order valence-electron chi connectivity index (χ0n) is 14.5. The topological polar surface area (TPSA) is 75.7 Å². The summed E-state index contributed by atoms with van der Waals surface area (Å²) in [4.78, 5) is 12.7. The maximum Gasteiger partial charge on any atom is 0.259 e. The first kappa shape index (κ1) is 18.5. The molecule has 0 aliphatic carbocycles. The number of nitrogens with one attached hydrogen (secondary N) is 1. The summed E-state index contributed by atoms with van der Waals surface area (Å²) >= 11 is 5.99. The van der Waals surface area contributed by atoms with Gasteiger partial charge in [0.2, 0.25) is 10.0 Å². The summed E-state index contributed by atoms with van der Waals surface area (Å²) in [5, 5.41) is 3.24. The molecule has 2 aromatic carbocycles. The van der Waals surface area contributed by atoms with Crippen molar-refractivity contribution < 1.29 is 17.9 Å². The Morgan fingerprint density at radius 1 is 1.23 bits per heavy atom. The summed E-state index contributed by atoms with van der Waals surface area (Å²) < 4.78 is 30.9. The molecule has 3 rings (SSSR count). The molecule has 1 heterocycles. The number of anilines is 2. The second kappa shape index (κ2) is 7.17. The number of halogens is 1. The fourth-order valence-corrected chi connectivity index (χ4v) is 4.61. The highest BCUT2D eigenvalue weighted by Crippen LogP contribution is 2.30. The van der Waals surface area contributed by atoms with Crippen molar-refractivity contribution in [2.24, 2.45) is 0 Å². The Hall–Kier alpha value is -2.25. The minimum absolute atomic E-state index is 0.141. The molecular weight excluding hydrogens is 376 g/mol. The van der Waals surface area contributed by atoms with Crippen LogP contribution in [0.4, 0.5) is 11.4 Å². The molecule has 1 fully saturated rings. The Labute approximate surface area is 157 Å². The highest BCUT2D eigenvalue weighted by molar-refractivity contribution is 7.93. The van der Waals surface area contributed by atoms with Gasteiger partial charge in [-0.05, 0) is 49.2 Å². The number of sulfonamides is 1. The molecule has 138 valence electrons. The zero-order chi connectivity index (χ0) is 18.9. The Kier molecular flexibility index (Phi) is 5.11. The Morgan fingerprint density at radius 2 is 2.00 bits per heavy atom. The van der Waals surface area contributed by atoms with E-state index in [0.717, 1.165) is 5.56 Å². The number of rotatable bonds is 4. The molecule has 2 aromatic rings. The number of methoxy groups -OCH3 is 1. The summed E-state index contributed by atoms with van der Waals surface area (Å²) in [6.45, 7) is 2.29. The normalized spacial score (nSPS) is 15.7. The number of amides is 1. The van der Waals surface area contributed by atoms with Crippen LogP contribution >= 0.6 is 11.6 Å². The summed E-state index contributed by atoms with van der Waals surface area (Å²) in [6.07, 6.45) is 0.595. The quantitative estimate of drug-likeness (QED) is 0.861. The van der Waals surface area contributed by atoms with Crippen molar-refractivity contribution in [1.29, 1.82) is 0 Å².